The number of nitrogens with one attached hydrogen (secondary N) is 1. The summed E-state index contributed by atoms with van der Waals surface area (Å²) in [5.41, 5.74) is 1.19. The molecule has 4 nitrogen and oxygen atoms in total. The van der Waals surface area contributed by atoms with E-state index < -0.39 is 0 Å². The molecule has 1 amide bonds. The largest absolute Gasteiger partial charge is 0.361 e. The highest BCUT2D eigenvalue weighted by atomic mass is 79.9. The van der Waals surface area contributed by atoms with Crippen LogP contribution in [0.15, 0.2) is 51.6 Å². The Kier molecular flexibility index (Phi) is 3.28. The van der Waals surface area contributed by atoms with Crippen molar-refractivity contribution in [1.82, 2.24) is 5.16 Å². The Morgan fingerprint density at radius 3 is 2.70 bits per heavy atom. The minimum Gasteiger partial charge on any atom is -0.361 e. The maximum atomic E-state index is 12.1. The van der Waals surface area contributed by atoms with Crippen LogP contribution in [0.3, 0.4) is 0 Å². The van der Waals surface area contributed by atoms with Crippen molar-refractivity contribution >= 4 is 38.3 Å². The van der Waals surface area contributed by atoms with Gasteiger partial charge in [-0.25, -0.2) is 0 Å². The van der Waals surface area contributed by atoms with Crippen LogP contribution in [-0.2, 0) is 0 Å². The predicted octanol–water partition coefficient (Wildman–Crippen LogP) is 4.15. The van der Waals surface area contributed by atoms with Crippen LogP contribution in [-0.4, -0.2) is 11.1 Å². The Hall–Kier alpha value is -2.14. The van der Waals surface area contributed by atoms with Crippen molar-refractivity contribution in [3.63, 3.8) is 0 Å². The molecule has 0 bridgehead atoms. The first-order valence-electron chi connectivity index (χ1n) is 6.05. The van der Waals surface area contributed by atoms with Crippen LogP contribution in [0.5, 0.6) is 0 Å². The number of halogens is 1. The lowest BCUT2D eigenvalue weighted by Crippen LogP contribution is -2.11. The Bertz CT molecular complexity index is 795. The molecule has 0 fully saturated rings. The van der Waals surface area contributed by atoms with Crippen LogP contribution in [0, 0.1) is 6.92 Å². The van der Waals surface area contributed by atoms with Crippen molar-refractivity contribution in [3.05, 3.63) is 58.4 Å². The average Bonchev–Trinajstić information content (AvgIpc) is 2.85. The van der Waals surface area contributed by atoms with Crippen LogP contribution >= 0.6 is 15.9 Å². The van der Waals surface area contributed by atoms with E-state index in [-0.39, 0.29) is 5.91 Å². The lowest BCUT2D eigenvalue weighted by Gasteiger charge is -2.06. The fourth-order valence-corrected chi connectivity index (χ4v) is 2.39. The monoisotopic (exact) mass is 330 g/mol. The Labute approximate surface area is 123 Å². The molecule has 5 heteroatoms. The van der Waals surface area contributed by atoms with Crippen LogP contribution < -0.4 is 5.32 Å². The molecule has 0 aliphatic heterocycles. The zero-order chi connectivity index (χ0) is 14.1. The molecular weight excluding hydrogens is 320 g/mol. The smallest absolute Gasteiger partial charge is 0.260 e. The maximum Gasteiger partial charge on any atom is 0.260 e. The molecule has 0 unspecified atom stereocenters. The minimum atomic E-state index is -0.222. The van der Waals surface area contributed by atoms with Gasteiger partial charge in [0.2, 0.25) is 0 Å². The number of benzene rings is 2. The fourth-order valence-electron chi connectivity index (χ4n) is 2.01. The molecule has 0 saturated heterocycles. The van der Waals surface area contributed by atoms with Crippen molar-refractivity contribution in [1.29, 1.82) is 0 Å². The molecule has 0 spiro atoms. The van der Waals surface area contributed by atoms with E-state index >= 15 is 0 Å². The van der Waals surface area contributed by atoms with Crippen LogP contribution in [0.25, 0.3) is 10.8 Å². The summed E-state index contributed by atoms with van der Waals surface area (Å²) in [4.78, 5) is 12.1. The van der Waals surface area contributed by atoms with E-state index in [9.17, 15) is 4.79 Å². The van der Waals surface area contributed by atoms with E-state index in [2.05, 4.69) is 26.4 Å². The highest BCUT2D eigenvalue weighted by Gasteiger charge is 2.12. The molecule has 1 N–H and O–H groups in total. The zero-order valence-corrected chi connectivity index (χ0v) is 12.3. The van der Waals surface area contributed by atoms with Gasteiger partial charge in [-0.3, -0.25) is 4.79 Å². The summed E-state index contributed by atoms with van der Waals surface area (Å²) in [7, 11) is 0. The number of hydrogen-bond donors (Lipinski definition) is 1. The molecule has 20 heavy (non-hydrogen) atoms. The van der Waals surface area contributed by atoms with E-state index in [0.29, 0.717) is 11.3 Å². The topological polar surface area (TPSA) is 55.1 Å². The number of aryl methyl sites for hydroxylation is 1. The van der Waals surface area contributed by atoms with Gasteiger partial charge in [0.05, 0.1) is 6.20 Å². The second-order valence-electron chi connectivity index (χ2n) is 4.46. The molecule has 1 aromatic heterocycles. The molecule has 0 saturated carbocycles. The Morgan fingerprint density at radius 2 is 1.95 bits per heavy atom. The van der Waals surface area contributed by atoms with E-state index in [0.717, 1.165) is 20.9 Å². The maximum absolute atomic E-state index is 12.1. The summed E-state index contributed by atoms with van der Waals surface area (Å²) >= 11 is 3.44. The summed E-state index contributed by atoms with van der Waals surface area (Å²) in [6.07, 6.45) is 1.42. The van der Waals surface area contributed by atoms with Gasteiger partial charge in [-0.1, -0.05) is 33.2 Å². The number of carbonyl (C=O) groups excluding carboxylic acids is 1. The average molecular weight is 331 g/mol. The van der Waals surface area contributed by atoms with Crippen molar-refractivity contribution in [3.8, 4) is 0 Å². The number of anilines is 1. The lowest BCUT2D eigenvalue weighted by atomic mass is 10.1. The molecule has 0 atom stereocenters. The van der Waals surface area contributed by atoms with Gasteiger partial charge in [0.25, 0.3) is 5.91 Å². The quantitative estimate of drug-likeness (QED) is 0.767. The third kappa shape index (κ3) is 2.44. The molecule has 0 aliphatic carbocycles. The second-order valence-corrected chi connectivity index (χ2v) is 5.37. The number of nitrogens with zero attached hydrogens (tertiary/aromatic N) is 1. The molecule has 100 valence electrons. The summed E-state index contributed by atoms with van der Waals surface area (Å²) in [5, 5.41) is 8.62. The second kappa shape index (κ2) is 5.09. The Balaban J connectivity index is 1.90. The number of rotatable bonds is 2. The molecule has 3 aromatic rings. The van der Waals surface area contributed by atoms with Crippen LogP contribution in [0.1, 0.15) is 16.1 Å². The van der Waals surface area contributed by atoms with E-state index in [1.807, 2.05) is 36.4 Å². The molecular formula is C15H11BrN2O2. The van der Waals surface area contributed by atoms with Crippen molar-refractivity contribution in [2.24, 2.45) is 0 Å². The number of amides is 1. The third-order valence-electron chi connectivity index (χ3n) is 3.06. The molecule has 0 aliphatic rings. The van der Waals surface area contributed by atoms with Gasteiger partial charge in [0, 0.05) is 10.2 Å². The number of hydrogen-bond acceptors (Lipinski definition) is 3. The van der Waals surface area contributed by atoms with E-state index in [4.69, 9.17) is 4.52 Å². The van der Waals surface area contributed by atoms with Crippen molar-refractivity contribution < 1.29 is 9.32 Å². The first-order chi connectivity index (χ1) is 9.63. The normalized spacial score (nSPS) is 10.7. The predicted molar refractivity (Wildman–Crippen MR) is 80.8 cm³/mol. The highest BCUT2D eigenvalue weighted by Crippen LogP contribution is 2.23. The summed E-state index contributed by atoms with van der Waals surface area (Å²) in [5.74, 6) is 0.285. The molecule has 2 aromatic carbocycles. The molecule has 0 radical (unpaired) electrons. The van der Waals surface area contributed by atoms with Crippen LogP contribution in [0.4, 0.5) is 5.69 Å². The first-order valence-corrected chi connectivity index (χ1v) is 6.85. The standard InChI is InChI=1S/C15H11BrN2O2/c1-9-14(8-17-20-9)15(19)18-13-5-3-10-6-12(16)4-2-11(10)7-13/h2-8H,1H3,(H,18,19). The van der Waals surface area contributed by atoms with E-state index in [1.54, 1.807) is 6.92 Å². The number of aromatic nitrogens is 1. The van der Waals surface area contributed by atoms with Gasteiger partial charge in [-0.2, -0.15) is 0 Å². The van der Waals surface area contributed by atoms with Crippen molar-refractivity contribution in [2.45, 2.75) is 6.92 Å². The van der Waals surface area contributed by atoms with Gasteiger partial charge < -0.3 is 9.84 Å². The fraction of sp³-hybridized carbons (Fsp3) is 0.0667. The van der Waals surface area contributed by atoms with Gasteiger partial charge in [0.15, 0.2) is 0 Å². The minimum absolute atomic E-state index is 0.222. The van der Waals surface area contributed by atoms with E-state index in [1.165, 1.54) is 6.20 Å². The number of fused-ring (bicyclic) bond motifs is 1. The summed E-state index contributed by atoms with van der Waals surface area (Å²) in [6.45, 7) is 1.71. The van der Waals surface area contributed by atoms with Gasteiger partial charge in [0.1, 0.15) is 11.3 Å². The molecule has 3 rings (SSSR count). The lowest BCUT2D eigenvalue weighted by molar-refractivity contribution is 0.102. The Morgan fingerprint density at radius 1 is 1.20 bits per heavy atom. The van der Waals surface area contributed by atoms with Gasteiger partial charge >= 0.3 is 0 Å². The van der Waals surface area contributed by atoms with Crippen molar-refractivity contribution in [2.75, 3.05) is 5.32 Å². The zero-order valence-electron chi connectivity index (χ0n) is 10.7. The third-order valence-corrected chi connectivity index (χ3v) is 3.55. The SMILES string of the molecule is Cc1oncc1C(=O)Nc1ccc2cc(Br)ccc2c1. The number of carbonyl (C=O) groups is 1. The van der Waals surface area contributed by atoms with Crippen LogP contribution in [0.2, 0.25) is 0 Å². The summed E-state index contributed by atoms with van der Waals surface area (Å²) in [6, 6.07) is 11.8. The van der Waals surface area contributed by atoms with Gasteiger partial charge in [-0.15, -0.1) is 0 Å². The van der Waals surface area contributed by atoms with Gasteiger partial charge in [-0.05, 0) is 42.0 Å². The highest BCUT2D eigenvalue weighted by molar-refractivity contribution is 9.10. The summed E-state index contributed by atoms with van der Waals surface area (Å²) < 4.78 is 5.92. The first kappa shape index (κ1) is 12.9. The molecule has 1 heterocycles.